The Balaban J connectivity index is 2.23. The lowest BCUT2D eigenvalue weighted by atomic mass is 10.0. The number of nitrogens with zero attached hydrogens (tertiary/aromatic N) is 3. The molecule has 2 rings (SSSR count). The lowest BCUT2D eigenvalue weighted by Gasteiger charge is -2.32. The van der Waals surface area contributed by atoms with Gasteiger partial charge in [-0.05, 0) is 19.3 Å². The molecular formula is C10H12FN3O2. The number of carboxylic acid groups (broad SMARTS) is 1. The standard InChI is InChI=1S/C10H12FN3O2/c11-7-5-12-10(13-6-7)14-4-2-1-3-8(14)9(15)16/h5-6,8H,1-4H2,(H,15,16). The summed E-state index contributed by atoms with van der Waals surface area (Å²) in [4.78, 5) is 20.3. The first kappa shape index (κ1) is 10.8. The molecule has 0 aromatic carbocycles. The van der Waals surface area contributed by atoms with Crippen molar-refractivity contribution in [3.63, 3.8) is 0 Å². The van der Waals surface area contributed by atoms with E-state index < -0.39 is 17.8 Å². The van der Waals surface area contributed by atoms with Gasteiger partial charge in [0.05, 0.1) is 12.4 Å². The van der Waals surface area contributed by atoms with Crippen LogP contribution in [0.3, 0.4) is 0 Å². The predicted octanol–water partition coefficient (Wildman–Crippen LogP) is 1.06. The molecule has 1 aliphatic heterocycles. The molecule has 1 saturated heterocycles. The normalized spacial score (nSPS) is 20.8. The molecule has 1 fully saturated rings. The summed E-state index contributed by atoms with van der Waals surface area (Å²) < 4.78 is 12.6. The Labute approximate surface area is 91.9 Å². The van der Waals surface area contributed by atoms with Crippen molar-refractivity contribution < 1.29 is 14.3 Å². The number of halogens is 1. The van der Waals surface area contributed by atoms with Crippen LogP contribution < -0.4 is 4.90 Å². The smallest absolute Gasteiger partial charge is 0.326 e. The minimum atomic E-state index is -0.882. The van der Waals surface area contributed by atoms with Gasteiger partial charge in [-0.2, -0.15) is 0 Å². The number of rotatable bonds is 2. The number of hydrogen-bond acceptors (Lipinski definition) is 4. The van der Waals surface area contributed by atoms with Crippen LogP contribution in [-0.2, 0) is 4.79 Å². The van der Waals surface area contributed by atoms with Crippen molar-refractivity contribution in [2.45, 2.75) is 25.3 Å². The van der Waals surface area contributed by atoms with Crippen molar-refractivity contribution in [2.75, 3.05) is 11.4 Å². The van der Waals surface area contributed by atoms with Gasteiger partial charge in [0.15, 0.2) is 5.82 Å². The molecule has 0 saturated carbocycles. The summed E-state index contributed by atoms with van der Waals surface area (Å²) in [5, 5.41) is 9.05. The second-order valence-corrected chi connectivity index (χ2v) is 3.74. The van der Waals surface area contributed by atoms with Gasteiger partial charge < -0.3 is 10.0 Å². The Kier molecular flexibility index (Phi) is 2.98. The summed E-state index contributed by atoms with van der Waals surface area (Å²) >= 11 is 0. The van der Waals surface area contributed by atoms with E-state index >= 15 is 0 Å². The number of carboxylic acids is 1. The first-order chi connectivity index (χ1) is 7.68. The van der Waals surface area contributed by atoms with E-state index in [2.05, 4.69) is 9.97 Å². The van der Waals surface area contributed by atoms with Crippen LogP contribution in [0.5, 0.6) is 0 Å². The van der Waals surface area contributed by atoms with Gasteiger partial charge in [0.1, 0.15) is 6.04 Å². The monoisotopic (exact) mass is 225 g/mol. The van der Waals surface area contributed by atoms with Crippen LogP contribution in [0, 0.1) is 5.82 Å². The van der Waals surface area contributed by atoms with E-state index in [-0.39, 0.29) is 5.95 Å². The number of aliphatic carboxylic acids is 1. The molecule has 0 bridgehead atoms. The van der Waals surface area contributed by atoms with Crippen LogP contribution in [0.2, 0.25) is 0 Å². The molecule has 1 unspecified atom stereocenters. The molecule has 0 amide bonds. The Morgan fingerprint density at radius 3 is 2.75 bits per heavy atom. The molecule has 2 heterocycles. The van der Waals surface area contributed by atoms with Gasteiger partial charge in [-0.3, -0.25) is 0 Å². The molecule has 0 radical (unpaired) electrons. The van der Waals surface area contributed by atoms with Gasteiger partial charge in [-0.1, -0.05) is 0 Å². The van der Waals surface area contributed by atoms with Crippen molar-refractivity contribution in [3.8, 4) is 0 Å². The third kappa shape index (κ3) is 2.10. The fourth-order valence-electron chi connectivity index (χ4n) is 1.88. The number of carbonyl (C=O) groups is 1. The molecule has 6 heteroatoms. The average molecular weight is 225 g/mol. The van der Waals surface area contributed by atoms with Gasteiger partial charge in [0.2, 0.25) is 5.95 Å². The number of hydrogen-bond donors (Lipinski definition) is 1. The van der Waals surface area contributed by atoms with E-state index in [1.807, 2.05) is 0 Å². The van der Waals surface area contributed by atoms with Crippen molar-refractivity contribution in [1.29, 1.82) is 0 Å². The summed E-state index contributed by atoms with van der Waals surface area (Å²) in [5.74, 6) is -1.12. The van der Waals surface area contributed by atoms with Crippen LogP contribution >= 0.6 is 0 Å². The van der Waals surface area contributed by atoms with Gasteiger partial charge in [0, 0.05) is 6.54 Å². The zero-order valence-electron chi connectivity index (χ0n) is 8.64. The molecule has 0 aliphatic carbocycles. The predicted molar refractivity (Wildman–Crippen MR) is 54.6 cm³/mol. The van der Waals surface area contributed by atoms with E-state index in [4.69, 9.17) is 5.11 Å². The minimum Gasteiger partial charge on any atom is -0.480 e. The van der Waals surface area contributed by atoms with Crippen LogP contribution in [-0.4, -0.2) is 33.6 Å². The molecule has 1 aromatic rings. The van der Waals surface area contributed by atoms with E-state index in [1.54, 1.807) is 4.90 Å². The highest BCUT2D eigenvalue weighted by Crippen LogP contribution is 2.21. The van der Waals surface area contributed by atoms with Crippen LogP contribution in [0.15, 0.2) is 12.4 Å². The van der Waals surface area contributed by atoms with E-state index in [9.17, 15) is 9.18 Å². The first-order valence-corrected chi connectivity index (χ1v) is 5.15. The quantitative estimate of drug-likeness (QED) is 0.815. The summed E-state index contributed by atoms with van der Waals surface area (Å²) in [6.07, 6.45) is 4.47. The van der Waals surface area contributed by atoms with E-state index in [1.165, 1.54) is 0 Å². The molecule has 86 valence electrons. The Hall–Kier alpha value is -1.72. The lowest BCUT2D eigenvalue weighted by Crippen LogP contribution is -2.45. The molecule has 1 aromatic heterocycles. The second-order valence-electron chi connectivity index (χ2n) is 3.74. The Morgan fingerprint density at radius 2 is 2.12 bits per heavy atom. The van der Waals surface area contributed by atoms with Crippen LogP contribution in [0.4, 0.5) is 10.3 Å². The van der Waals surface area contributed by atoms with Gasteiger partial charge in [-0.25, -0.2) is 19.2 Å². The highest BCUT2D eigenvalue weighted by atomic mass is 19.1. The Bertz CT molecular complexity index is 382. The van der Waals surface area contributed by atoms with Crippen LogP contribution in [0.25, 0.3) is 0 Å². The number of piperidine rings is 1. The molecule has 1 atom stereocenters. The van der Waals surface area contributed by atoms with Crippen molar-refractivity contribution in [2.24, 2.45) is 0 Å². The van der Waals surface area contributed by atoms with Crippen molar-refractivity contribution in [1.82, 2.24) is 9.97 Å². The fourth-order valence-corrected chi connectivity index (χ4v) is 1.88. The summed E-state index contributed by atoms with van der Waals surface area (Å²) in [7, 11) is 0. The third-order valence-corrected chi connectivity index (χ3v) is 2.65. The molecular weight excluding hydrogens is 213 g/mol. The topological polar surface area (TPSA) is 66.3 Å². The first-order valence-electron chi connectivity index (χ1n) is 5.15. The Morgan fingerprint density at radius 1 is 1.44 bits per heavy atom. The van der Waals surface area contributed by atoms with Gasteiger partial charge in [0.25, 0.3) is 0 Å². The number of aromatic nitrogens is 2. The van der Waals surface area contributed by atoms with E-state index in [0.717, 1.165) is 25.2 Å². The SMILES string of the molecule is O=C(O)C1CCCCN1c1ncc(F)cn1. The van der Waals surface area contributed by atoms with Crippen molar-refractivity contribution >= 4 is 11.9 Å². The zero-order chi connectivity index (χ0) is 11.5. The molecule has 5 nitrogen and oxygen atoms in total. The zero-order valence-corrected chi connectivity index (χ0v) is 8.64. The maximum atomic E-state index is 12.6. The summed E-state index contributed by atoms with van der Waals surface area (Å²) in [6, 6.07) is -0.598. The average Bonchev–Trinajstić information content (AvgIpc) is 2.30. The largest absolute Gasteiger partial charge is 0.480 e. The van der Waals surface area contributed by atoms with Crippen LogP contribution in [0.1, 0.15) is 19.3 Å². The lowest BCUT2D eigenvalue weighted by molar-refractivity contribution is -0.139. The highest BCUT2D eigenvalue weighted by molar-refractivity contribution is 5.77. The molecule has 1 N–H and O–H groups in total. The molecule has 16 heavy (non-hydrogen) atoms. The van der Waals surface area contributed by atoms with Gasteiger partial charge >= 0.3 is 5.97 Å². The maximum absolute atomic E-state index is 12.6. The third-order valence-electron chi connectivity index (χ3n) is 2.65. The highest BCUT2D eigenvalue weighted by Gasteiger charge is 2.29. The number of anilines is 1. The summed E-state index contributed by atoms with van der Waals surface area (Å²) in [6.45, 7) is 0.600. The fraction of sp³-hybridized carbons (Fsp3) is 0.500. The van der Waals surface area contributed by atoms with Crippen molar-refractivity contribution in [3.05, 3.63) is 18.2 Å². The minimum absolute atomic E-state index is 0.286. The second kappa shape index (κ2) is 4.42. The molecule has 0 spiro atoms. The maximum Gasteiger partial charge on any atom is 0.326 e. The molecule has 1 aliphatic rings. The van der Waals surface area contributed by atoms with Gasteiger partial charge in [-0.15, -0.1) is 0 Å². The van der Waals surface area contributed by atoms with E-state index in [0.29, 0.717) is 13.0 Å². The summed E-state index contributed by atoms with van der Waals surface area (Å²) in [5.41, 5.74) is 0.